The summed E-state index contributed by atoms with van der Waals surface area (Å²) in [5, 5.41) is 5.66. The molecule has 0 aliphatic rings. The SMILES string of the molecule is CC(C)Cc1ccc2cnc(-c3[c-]cccc3)cc2c1.[Ir].[c-]1ccccc1-c1ncc2ccc3cnccc3c2n1. The monoisotopic (exact) mass is 709 g/mol. The van der Waals surface area contributed by atoms with E-state index in [-0.39, 0.29) is 20.1 Å². The summed E-state index contributed by atoms with van der Waals surface area (Å²) in [5.74, 6) is 1.37. The van der Waals surface area contributed by atoms with Gasteiger partial charge >= 0.3 is 0 Å². The second-order valence-corrected chi connectivity index (χ2v) is 10.2. The third kappa shape index (κ3) is 6.54. The molecule has 41 heavy (non-hydrogen) atoms. The van der Waals surface area contributed by atoms with Crippen LogP contribution in [-0.2, 0) is 26.5 Å². The van der Waals surface area contributed by atoms with Crippen molar-refractivity contribution in [3.8, 4) is 22.6 Å². The van der Waals surface area contributed by atoms with Crippen molar-refractivity contribution in [2.45, 2.75) is 20.3 Å². The van der Waals surface area contributed by atoms with Crippen LogP contribution in [-0.4, -0.2) is 19.9 Å². The molecule has 0 bridgehead atoms. The molecule has 0 saturated heterocycles. The van der Waals surface area contributed by atoms with Gasteiger partial charge in [-0.1, -0.05) is 50.2 Å². The molecule has 1 radical (unpaired) electrons. The summed E-state index contributed by atoms with van der Waals surface area (Å²) >= 11 is 0. The van der Waals surface area contributed by atoms with Crippen molar-refractivity contribution in [3.05, 3.63) is 133 Å². The van der Waals surface area contributed by atoms with Gasteiger partial charge in [0, 0.05) is 61.1 Å². The fourth-order valence-electron chi connectivity index (χ4n) is 4.81. The van der Waals surface area contributed by atoms with Gasteiger partial charge in [-0.3, -0.25) is 15.0 Å². The molecule has 0 amide bonds. The maximum Gasteiger partial charge on any atom is 0.0756 e. The third-order valence-electron chi connectivity index (χ3n) is 6.73. The summed E-state index contributed by atoms with van der Waals surface area (Å²) in [6.45, 7) is 4.50. The van der Waals surface area contributed by atoms with E-state index in [9.17, 15) is 0 Å². The summed E-state index contributed by atoms with van der Waals surface area (Å²) < 4.78 is 0. The van der Waals surface area contributed by atoms with Crippen LogP contribution in [0.3, 0.4) is 0 Å². The van der Waals surface area contributed by atoms with Crippen molar-refractivity contribution in [2.24, 2.45) is 5.92 Å². The molecule has 3 aromatic heterocycles. The minimum absolute atomic E-state index is 0. The van der Waals surface area contributed by atoms with Crippen molar-refractivity contribution in [3.63, 3.8) is 0 Å². The van der Waals surface area contributed by atoms with Crippen LogP contribution in [0.4, 0.5) is 0 Å². The van der Waals surface area contributed by atoms with E-state index < -0.39 is 0 Å². The number of fused-ring (bicyclic) bond motifs is 4. The number of hydrogen-bond donors (Lipinski definition) is 0. The van der Waals surface area contributed by atoms with E-state index in [4.69, 9.17) is 4.98 Å². The molecular formula is C36H28IrN4-2. The quantitative estimate of drug-likeness (QED) is 0.136. The minimum atomic E-state index is 0. The van der Waals surface area contributed by atoms with Crippen molar-refractivity contribution < 1.29 is 20.1 Å². The Labute approximate surface area is 253 Å². The molecule has 3 heterocycles. The van der Waals surface area contributed by atoms with Gasteiger partial charge in [-0.2, -0.15) is 0 Å². The Balaban J connectivity index is 0.000000161. The molecule has 7 rings (SSSR count). The first-order valence-corrected chi connectivity index (χ1v) is 13.5. The second kappa shape index (κ2) is 12.9. The minimum Gasteiger partial charge on any atom is -0.304 e. The van der Waals surface area contributed by atoms with Gasteiger partial charge in [-0.25, -0.2) is 0 Å². The van der Waals surface area contributed by atoms with Gasteiger partial charge in [0.05, 0.1) is 11.3 Å². The Bertz CT molecular complexity index is 1900. The van der Waals surface area contributed by atoms with E-state index in [1.165, 1.54) is 16.3 Å². The van der Waals surface area contributed by atoms with Crippen molar-refractivity contribution >= 4 is 32.4 Å². The van der Waals surface area contributed by atoms with Gasteiger partial charge in [0.1, 0.15) is 0 Å². The van der Waals surface area contributed by atoms with Crippen molar-refractivity contribution in [1.82, 2.24) is 19.9 Å². The summed E-state index contributed by atoms with van der Waals surface area (Å²) in [7, 11) is 0. The van der Waals surface area contributed by atoms with Crippen LogP contribution in [0.15, 0.2) is 116 Å². The predicted molar refractivity (Wildman–Crippen MR) is 164 cm³/mol. The number of pyridine rings is 2. The summed E-state index contributed by atoms with van der Waals surface area (Å²) in [6, 6.07) is 37.0. The fourth-order valence-corrected chi connectivity index (χ4v) is 4.81. The predicted octanol–water partition coefficient (Wildman–Crippen LogP) is 8.54. The molecule has 4 aromatic carbocycles. The largest absolute Gasteiger partial charge is 0.304 e. The van der Waals surface area contributed by atoms with Crippen LogP contribution in [0.25, 0.3) is 55.1 Å². The zero-order valence-corrected chi connectivity index (χ0v) is 25.3. The van der Waals surface area contributed by atoms with E-state index in [0.717, 1.165) is 44.9 Å². The van der Waals surface area contributed by atoms with Gasteiger partial charge in [-0.15, -0.1) is 71.8 Å². The fraction of sp³-hybridized carbons (Fsp3) is 0.111. The van der Waals surface area contributed by atoms with Crippen molar-refractivity contribution in [1.29, 1.82) is 0 Å². The number of nitrogens with zero attached hydrogens (tertiary/aromatic N) is 4. The van der Waals surface area contributed by atoms with Crippen LogP contribution in [0.2, 0.25) is 0 Å². The standard InChI is InChI=1S/C19H18N.C17H10N3.Ir/c1-14(2)10-15-8-9-17-13-20-19(12-18(17)11-15)16-6-4-3-5-7-16;1-2-4-12(5-3-1)17-19-11-14-7-6-13-10-18-9-8-15(13)16(14)20-17;/h3-6,8-9,11-14H,10H2,1-2H3;1-4,6-11H;/q2*-1;. The Morgan fingerprint density at radius 2 is 1.41 bits per heavy atom. The van der Waals surface area contributed by atoms with Gasteiger partial charge in [0.25, 0.3) is 0 Å². The van der Waals surface area contributed by atoms with Gasteiger partial charge < -0.3 is 4.98 Å². The molecule has 0 aliphatic heterocycles. The van der Waals surface area contributed by atoms with Crippen molar-refractivity contribution in [2.75, 3.05) is 0 Å². The average Bonchev–Trinajstić information content (AvgIpc) is 3.01. The Morgan fingerprint density at radius 1 is 0.683 bits per heavy atom. The summed E-state index contributed by atoms with van der Waals surface area (Å²) in [4.78, 5) is 17.8. The number of rotatable bonds is 4. The maximum absolute atomic E-state index is 4.70. The molecule has 203 valence electrons. The molecule has 0 fully saturated rings. The van der Waals surface area contributed by atoms with Gasteiger partial charge in [0.15, 0.2) is 0 Å². The molecular weight excluding hydrogens is 681 g/mol. The van der Waals surface area contributed by atoms with Crippen LogP contribution >= 0.6 is 0 Å². The number of benzene rings is 4. The van der Waals surface area contributed by atoms with Gasteiger partial charge in [-0.05, 0) is 40.4 Å². The molecule has 0 atom stereocenters. The number of aromatic nitrogens is 4. The molecule has 4 nitrogen and oxygen atoms in total. The zero-order chi connectivity index (χ0) is 27.3. The van der Waals surface area contributed by atoms with E-state index in [0.29, 0.717) is 11.7 Å². The van der Waals surface area contributed by atoms with E-state index >= 15 is 0 Å². The first kappa shape index (κ1) is 28.2. The molecule has 0 aliphatic carbocycles. The first-order chi connectivity index (χ1) is 19.6. The van der Waals surface area contributed by atoms with E-state index in [2.05, 4.69) is 65.2 Å². The Morgan fingerprint density at radius 3 is 2.17 bits per heavy atom. The normalized spacial score (nSPS) is 10.8. The van der Waals surface area contributed by atoms with Crippen LogP contribution in [0.5, 0.6) is 0 Å². The number of hydrogen-bond acceptors (Lipinski definition) is 4. The molecule has 0 unspecified atom stereocenters. The summed E-state index contributed by atoms with van der Waals surface area (Å²) in [6.07, 6.45) is 8.57. The first-order valence-electron chi connectivity index (χ1n) is 13.5. The molecule has 0 saturated carbocycles. The Kier molecular flexibility index (Phi) is 8.88. The van der Waals surface area contributed by atoms with Gasteiger partial charge in [0.2, 0.25) is 0 Å². The zero-order valence-electron chi connectivity index (χ0n) is 22.9. The molecule has 0 spiro atoms. The molecule has 7 aromatic rings. The van der Waals surface area contributed by atoms with E-state index in [1.807, 2.05) is 85.3 Å². The summed E-state index contributed by atoms with van der Waals surface area (Å²) in [5.41, 5.74) is 5.28. The average molecular weight is 709 g/mol. The van der Waals surface area contributed by atoms with Crippen LogP contribution in [0.1, 0.15) is 19.4 Å². The smallest absolute Gasteiger partial charge is 0.0756 e. The van der Waals surface area contributed by atoms with E-state index in [1.54, 1.807) is 6.20 Å². The second-order valence-electron chi connectivity index (χ2n) is 10.2. The third-order valence-corrected chi connectivity index (χ3v) is 6.73. The van der Waals surface area contributed by atoms with Crippen LogP contribution in [0, 0.1) is 18.1 Å². The maximum atomic E-state index is 4.70. The Hall–Kier alpha value is -4.31. The molecule has 0 N–H and O–H groups in total. The topological polar surface area (TPSA) is 51.6 Å². The molecule has 5 heteroatoms. The van der Waals surface area contributed by atoms with Crippen LogP contribution < -0.4 is 0 Å².